The number of fused-ring (bicyclic) bond motifs is 13. The molecule has 3 aliphatic rings. The second-order valence-corrected chi connectivity index (χ2v) is 9.83. The summed E-state index contributed by atoms with van der Waals surface area (Å²) in [5, 5.41) is 18.7. The van der Waals surface area contributed by atoms with Gasteiger partial charge in [-0.25, -0.2) is 4.79 Å². The van der Waals surface area contributed by atoms with Gasteiger partial charge in [-0.05, 0) is 24.6 Å². The van der Waals surface area contributed by atoms with Crippen molar-refractivity contribution >= 4 is 55.5 Å². The second-order valence-electron chi connectivity index (χ2n) is 9.83. The Morgan fingerprint density at radius 1 is 1.09 bits per heavy atom. The van der Waals surface area contributed by atoms with E-state index in [4.69, 9.17) is 9.47 Å². The molecule has 8 rings (SSSR count). The Morgan fingerprint density at radius 3 is 2.51 bits per heavy atom. The van der Waals surface area contributed by atoms with Crippen LogP contribution in [0.2, 0.25) is 0 Å². The van der Waals surface area contributed by atoms with E-state index in [0.29, 0.717) is 12.1 Å². The average molecular weight is 467 g/mol. The van der Waals surface area contributed by atoms with Crippen LogP contribution >= 0.6 is 0 Å². The minimum Gasteiger partial charge on any atom is -0.467 e. The van der Waals surface area contributed by atoms with Crippen LogP contribution in [0.4, 0.5) is 0 Å². The quantitative estimate of drug-likeness (QED) is 0.367. The Bertz CT molecular complexity index is 1830. The highest BCUT2D eigenvalue weighted by molar-refractivity contribution is 6.31. The summed E-state index contributed by atoms with van der Waals surface area (Å²) in [5.41, 5.74) is 1.69. The maximum absolute atomic E-state index is 13.2. The van der Waals surface area contributed by atoms with Crippen molar-refractivity contribution < 1.29 is 24.2 Å². The van der Waals surface area contributed by atoms with Crippen LogP contribution in [0.25, 0.3) is 43.6 Å². The van der Waals surface area contributed by atoms with E-state index in [1.807, 2.05) is 53.1 Å². The average Bonchev–Trinajstić information content (AvgIpc) is 3.55. The van der Waals surface area contributed by atoms with E-state index in [-0.39, 0.29) is 12.3 Å². The van der Waals surface area contributed by atoms with Crippen LogP contribution in [0, 0.1) is 0 Å². The fourth-order valence-corrected chi connectivity index (χ4v) is 6.89. The second kappa shape index (κ2) is 5.84. The minimum atomic E-state index is -1.93. The van der Waals surface area contributed by atoms with Gasteiger partial charge in [0.05, 0.1) is 34.7 Å². The summed E-state index contributed by atoms with van der Waals surface area (Å²) < 4.78 is 15.8. The van der Waals surface area contributed by atoms with Crippen LogP contribution in [0.3, 0.4) is 0 Å². The number of aliphatic hydroxyl groups is 1. The number of para-hydroxylation sites is 2. The highest BCUT2D eigenvalue weighted by Gasteiger charge is 2.65. The van der Waals surface area contributed by atoms with Crippen LogP contribution in [-0.4, -0.2) is 38.8 Å². The summed E-state index contributed by atoms with van der Waals surface area (Å²) in [5.74, 6) is -0.822. The van der Waals surface area contributed by atoms with E-state index < -0.39 is 23.5 Å². The van der Waals surface area contributed by atoms with E-state index in [1.54, 1.807) is 6.92 Å². The molecule has 0 spiro atoms. The molecule has 8 nitrogen and oxygen atoms in total. The number of carbonyl (C=O) groups excluding carboxylic acids is 2. The van der Waals surface area contributed by atoms with Gasteiger partial charge in [0.2, 0.25) is 5.60 Å². The predicted octanol–water partition coefficient (Wildman–Crippen LogP) is 3.66. The van der Waals surface area contributed by atoms with E-state index in [0.717, 1.165) is 49.2 Å². The van der Waals surface area contributed by atoms with E-state index in [2.05, 4.69) is 9.88 Å². The van der Waals surface area contributed by atoms with E-state index >= 15 is 0 Å². The summed E-state index contributed by atoms with van der Waals surface area (Å²) in [4.78, 5) is 26.3. The Balaban J connectivity index is 1.73. The number of amides is 1. The fraction of sp³-hybridized carbons (Fsp3) is 0.259. The van der Waals surface area contributed by atoms with Crippen molar-refractivity contribution in [2.45, 2.75) is 37.4 Å². The van der Waals surface area contributed by atoms with Crippen molar-refractivity contribution in [3.05, 3.63) is 59.7 Å². The summed E-state index contributed by atoms with van der Waals surface area (Å²) in [6, 6.07) is 15.8. The Hall–Kier alpha value is -3.88. The number of hydrogen-bond donors (Lipinski definition) is 2. The normalized spacial score (nSPS) is 26.7. The Kier molecular flexibility index (Phi) is 3.24. The lowest BCUT2D eigenvalue weighted by atomic mass is 9.88. The number of aromatic nitrogens is 2. The first-order chi connectivity index (χ1) is 16.9. The molecule has 174 valence electrons. The first kappa shape index (κ1) is 19.4. The highest BCUT2D eigenvalue weighted by atomic mass is 16.6. The standard InChI is InChI=1S/C27H21N3O5/c1-26-27(33,25(32)34-2)11-18(35-26)29-16-9-5-3-7-13(16)20-21-15(12-28-24(21)31)19-14-8-4-6-10-17(14)30(26)23(19)22(20)29/h3-10,18,33H,11-12H2,1-2H3,(H,28,31)/t18-,26-,27+/m1/s1. The van der Waals surface area contributed by atoms with E-state index in [1.165, 1.54) is 7.11 Å². The van der Waals surface area contributed by atoms with Crippen molar-refractivity contribution in [3.63, 3.8) is 0 Å². The van der Waals surface area contributed by atoms with Crippen LogP contribution < -0.4 is 5.32 Å². The number of carbonyl (C=O) groups is 2. The first-order valence-electron chi connectivity index (χ1n) is 11.7. The third-order valence-corrected chi connectivity index (χ3v) is 8.36. The third-order valence-electron chi connectivity index (χ3n) is 8.36. The molecule has 1 fully saturated rings. The number of ether oxygens (including phenoxy) is 2. The lowest BCUT2D eigenvalue weighted by Crippen LogP contribution is -2.56. The smallest absolute Gasteiger partial charge is 0.343 e. The van der Waals surface area contributed by atoms with Crippen LogP contribution in [0.15, 0.2) is 48.5 Å². The van der Waals surface area contributed by atoms with Crippen LogP contribution in [0.5, 0.6) is 0 Å². The van der Waals surface area contributed by atoms with Gasteiger partial charge < -0.3 is 29.0 Å². The van der Waals surface area contributed by atoms with Crippen LogP contribution in [-0.2, 0) is 26.5 Å². The topological polar surface area (TPSA) is 94.7 Å². The SMILES string of the molecule is COC(=O)[C@@]1(O)C[C@H]2O[C@@]1(C)n1c3ccccc3c3c4c(c5c6ccccc6n2c5c31)C(=O)NC4. The number of esters is 1. The molecule has 2 bridgehead atoms. The molecule has 2 N–H and O–H groups in total. The van der Waals surface area contributed by atoms with Gasteiger partial charge in [-0.15, -0.1) is 0 Å². The van der Waals surface area contributed by atoms with E-state index in [9.17, 15) is 14.7 Å². The van der Waals surface area contributed by atoms with Crippen molar-refractivity contribution in [3.8, 4) is 0 Å². The molecule has 5 heterocycles. The van der Waals surface area contributed by atoms with Gasteiger partial charge in [-0.3, -0.25) is 4.79 Å². The van der Waals surface area contributed by atoms with Crippen molar-refractivity contribution in [1.82, 2.24) is 14.5 Å². The van der Waals surface area contributed by atoms with Crippen molar-refractivity contribution in [2.24, 2.45) is 0 Å². The molecule has 3 atom stereocenters. The van der Waals surface area contributed by atoms with Gasteiger partial charge in [0, 0.05) is 34.5 Å². The Morgan fingerprint density at radius 2 is 1.77 bits per heavy atom. The fourth-order valence-electron chi connectivity index (χ4n) is 6.89. The van der Waals surface area contributed by atoms with Crippen molar-refractivity contribution in [2.75, 3.05) is 7.11 Å². The number of hydrogen-bond acceptors (Lipinski definition) is 5. The van der Waals surface area contributed by atoms with Gasteiger partial charge in [0.1, 0.15) is 6.23 Å². The van der Waals surface area contributed by atoms with Crippen molar-refractivity contribution in [1.29, 1.82) is 0 Å². The maximum Gasteiger partial charge on any atom is 0.343 e. The molecule has 8 heteroatoms. The molecule has 0 aliphatic carbocycles. The number of benzene rings is 3. The zero-order valence-electron chi connectivity index (χ0n) is 19.1. The summed E-state index contributed by atoms with van der Waals surface area (Å²) in [7, 11) is 1.28. The molecule has 0 saturated carbocycles. The zero-order valence-corrected chi connectivity index (χ0v) is 19.1. The van der Waals surface area contributed by atoms with Gasteiger partial charge in [0.15, 0.2) is 5.72 Å². The molecular weight excluding hydrogens is 446 g/mol. The molecule has 1 saturated heterocycles. The molecule has 1 amide bonds. The van der Waals surface area contributed by atoms with Gasteiger partial charge in [-0.2, -0.15) is 0 Å². The molecule has 3 aliphatic heterocycles. The summed E-state index contributed by atoms with van der Waals surface area (Å²) in [6.45, 7) is 2.17. The maximum atomic E-state index is 13.2. The monoisotopic (exact) mass is 467 g/mol. The number of methoxy groups -OCH3 is 1. The molecule has 5 aromatic rings. The molecule has 35 heavy (non-hydrogen) atoms. The Labute approximate surface area is 198 Å². The van der Waals surface area contributed by atoms with Crippen LogP contribution in [0.1, 0.15) is 35.5 Å². The molecule has 0 radical (unpaired) electrons. The number of nitrogens with zero attached hydrogens (tertiary/aromatic N) is 2. The predicted molar refractivity (Wildman–Crippen MR) is 129 cm³/mol. The summed E-state index contributed by atoms with van der Waals surface area (Å²) in [6.07, 6.45) is -0.628. The molecular formula is C27H21N3O5. The van der Waals surface area contributed by atoms with Gasteiger partial charge >= 0.3 is 5.97 Å². The third kappa shape index (κ3) is 1.89. The molecule has 2 aromatic heterocycles. The van der Waals surface area contributed by atoms with Gasteiger partial charge in [-0.1, -0.05) is 36.4 Å². The first-order valence-corrected chi connectivity index (χ1v) is 11.7. The highest BCUT2D eigenvalue weighted by Crippen LogP contribution is 2.57. The number of rotatable bonds is 1. The minimum absolute atomic E-state index is 0.0146. The molecule has 3 aromatic carbocycles. The molecule has 0 unspecified atom stereocenters. The lowest BCUT2D eigenvalue weighted by Gasteiger charge is -2.37. The van der Waals surface area contributed by atoms with Gasteiger partial charge in [0.25, 0.3) is 5.91 Å². The largest absolute Gasteiger partial charge is 0.467 e. The summed E-state index contributed by atoms with van der Waals surface area (Å²) >= 11 is 0. The zero-order chi connectivity index (χ0) is 23.9. The number of nitrogens with one attached hydrogen (secondary N) is 1. The lowest BCUT2D eigenvalue weighted by molar-refractivity contribution is -0.202.